The lowest BCUT2D eigenvalue weighted by atomic mass is 10.0. The molecule has 0 radical (unpaired) electrons. The molecule has 0 fully saturated rings. The van der Waals surface area contributed by atoms with Gasteiger partial charge >= 0.3 is 0 Å². The number of anilines is 1. The lowest BCUT2D eigenvalue weighted by Gasteiger charge is -2.18. The predicted molar refractivity (Wildman–Crippen MR) is 136 cm³/mol. The van der Waals surface area contributed by atoms with Crippen molar-refractivity contribution in [3.63, 3.8) is 0 Å². The van der Waals surface area contributed by atoms with Gasteiger partial charge in [-0.3, -0.25) is 9.48 Å². The van der Waals surface area contributed by atoms with Crippen molar-refractivity contribution < 1.29 is 4.79 Å². The van der Waals surface area contributed by atoms with Crippen molar-refractivity contribution in [2.24, 2.45) is 7.05 Å². The van der Waals surface area contributed by atoms with Gasteiger partial charge in [0.1, 0.15) is 5.52 Å². The highest BCUT2D eigenvalue weighted by molar-refractivity contribution is 5.96. The Morgan fingerprint density at radius 1 is 1.03 bits per heavy atom. The number of fused-ring (bicyclic) bond motifs is 1. The van der Waals surface area contributed by atoms with Gasteiger partial charge in [-0.2, -0.15) is 5.10 Å². The summed E-state index contributed by atoms with van der Waals surface area (Å²) in [4.78, 5) is 30.8. The number of nitrogens with two attached hydrogens (primary N) is 1. The Morgan fingerprint density at radius 2 is 1.83 bits per heavy atom. The summed E-state index contributed by atoms with van der Waals surface area (Å²) >= 11 is 0. The topological polar surface area (TPSA) is 125 Å². The fourth-order valence-electron chi connectivity index (χ4n) is 3.78. The van der Waals surface area contributed by atoms with Gasteiger partial charge in [-0.15, -0.1) is 0 Å². The molecule has 0 spiro atoms. The number of benzene rings is 2. The quantitative estimate of drug-likeness (QED) is 0.383. The van der Waals surface area contributed by atoms with Crippen molar-refractivity contribution in [1.82, 2.24) is 35.0 Å². The molecule has 0 saturated heterocycles. The third-order valence-corrected chi connectivity index (χ3v) is 5.51. The molecule has 1 amide bonds. The first-order valence-electron chi connectivity index (χ1n) is 11.2. The van der Waals surface area contributed by atoms with E-state index in [2.05, 4.69) is 32.2 Å². The van der Waals surface area contributed by atoms with Crippen LogP contribution in [0.4, 0.5) is 5.82 Å². The minimum atomic E-state index is -0.490. The van der Waals surface area contributed by atoms with E-state index in [0.29, 0.717) is 22.4 Å². The van der Waals surface area contributed by atoms with Crippen molar-refractivity contribution in [3.05, 3.63) is 95.8 Å². The van der Waals surface area contributed by atoms with Crippen molar-refractivity contribution >= 4 is 22.8 Å². The van der Waals surface area contributed by atoms with Gasteiger partial charge in [0, 0.05) is 31.2 Å². The summed E-state index contributed by atoms with van der Waals surface area (Å²) in [5.74, 6) is 5.96. The highest BCUT2D eigenvalue weighted by Crippen LogP contribution is 2.28. The Labute approximate surface area is 207 Å². The smallest absolute Gasteiger partial charge is 0.274 e. The van der Waals surface area contributed by atoms with E-state index >= 15 is 0 Å². The zero-order valence-corrected chi connectivity index (χ0v) is 19.7. The largest absolute Gasteiger partial charge is 0.382 e. The Morgan fingerprint density at radius 3 is 2.58 bits per heavy atom. The zero-order chi connectivity index (χ0) is 25.1. The maximum Gasteiger partial charge on any atom is 0.274 e. The third kappa shape index (κ3) is 4.60. The first kappa shape index (κ1) is 22.7. The van der Waals surface area contributed by atoms with Gasteiger partial charge in [-0.25, -0.2) is 19.9 Å². The Balaban J connectivity index is 1.59. The number of para-hydroxylation sites is 1. The monoisotopic (exact) mass is 474 g/mol. The summed E-state index contributed by atoms with van der Waals surface area (Å²) < 4.78 is 1.71. The average molecular weight is 475 g/mol. The van der Waals surface area contributed by atoms with Gasteiger partial charge < -0.3 is 11.1 Å². The fraction of sp³-hybridized carbons (Fsp3) is 0.111. The highest BCUT2D eigenvalue weighted by Gasteiger charge is 2.21. The number of aromatic nitrogens is 6. The number of nitrogens with one attached hydrogen (secondary N) is 1. The molecule has 36 heavy (non-hydrogen) atoms. The first-order valence-corrected chi connectivity index (χ1v) is 11.2. The lowest BCUT2D eigenvalue weighted by Crippen LogP contribution is -2.29. The van der Waals surface area contributed by atoms with E-state index in [1.165, 1.54) is 12.4 Å². The minimum Gasteiger partial charge on any atom is -0.382 e. The molecular weight excluding hydrogens is 452 g/mol. The fourth-order valence-corrected chi connectivity index (χ4v) is 3.78. The van der Waals surface area contributed by atoms with E-state index in [4.69, 9.17) is 15.7 Å². The predicted octanol–water partition coefficient (Wildman–Crippen LogP) is 3.29. The van der Waals surface area contributed by atoms with Crippen LogP contribution in [0.2, 0.25) is 0 Å². The summed E-state index contributed by atoms with van der Waals surface area (Å²) in [6.45, 7) is 1.85. The molecule has 0 aliphatic heterocycles. The number of carbonyl (C=O) groups is 1. The van der Waals surface area contributed by atoms with Crippen LogP contribution in [0.25, 0.3) is 22.3 Å². The van der Waals surface area contributed by atoms with Gasteiger partial charge in [0.25, 0.3) is 5.91 Å². The number of hydrogen-bond acceptors (Lipinski definition) is 7. The van der Waals surface area contributed by atoms with Crippen LogP contribution < -0.4 is 11.1 Å². The normalized spacial score (nSPS) is 11.5. The molecule has 9 nitrogen and oxygen atoms in total. The second kappa shape index (κ2) is 9.64. The molecule has 3 N–H and O–H groups in total. The molecule has 176 valence electrons. The van der Waals surface area contributed by atoms with Crippen LogP contribution in [0.1, 0.15) is 40.3 Å². The van der Waals surface area contributed by atoms with Crippen LogP contribution in [-0.2, 0) is 7.05 Å². The summed E-state index contributed by atoms with van der Waals surface area (Å²) in [5.41, 5.74) is 10.9. The van der Waals surface area contributed by atoms with Crippen LogP contribution in [0, 0.1) is 11.8 Å². The van der Waals surface area contributed by atoms with Crippen LogP contribution in [0.5, 0.6) is 0 Å². The molecule has 3 aromatic heterocycles. The number of amides is 1. The van der Waals surface area contributed by atoms with E-state index in [0.717, 1.165) is 16.7 Å². The van der Waals surface area contributed by atoms with Crippen molar-refractivity contribution in [2.75, 3.05) is 5.73 Å². The summed E-state index contributed by atoms with van der Waals surface area (Å²) in [5, 5.41) is 7.09. The van der Waals surface area contributed by atoms with E-state index < -0.39 is 11.9 Å². The van der Waals surface area contributed by atoms with Crippen LogP contribution >= 0.6 is 0 Å². The molecule has 0 unspecified atom stereocenters. The zero-order valence-electron chi connectivity index (χ0n) is 19.7. The molecule has 0 saturated carbocycles. The Bertz CT molecular complexity index is 1630. The van der Waals surface area contributed by atoms with Crippen LogP contribution in [0.15, 0.2) is 73.3 Å². The SMILES string of the molecule is C[C@@H](NC(=O)c1nccnc1N)c1nc2cccc(C#Cc3cnn(C)c3)c2nc1-c1ccccc1. The molecule has 5 rings (SSSR count). The molecule has 5 aromatic rings. The number of aryl methyl sites for hydroxylation is 1. The molecular formula is C27H22N8O. The van der Waals surface area contributed by atoms with E-state index in [-0.39, 0.29) is 11.5 Å². The Hall–Kier alpha value is -5.10. The van der Waals surface area contributed by atoms with Crippen molar-refractivity contribution in [1.29, 1.82) is 0 Å². The molecule has 1 atom stereocenters. The summed E-state index contributed by atoms with van der Waals surface area (Å²) in [7, 11) is 1.85. The highest BCUT2D eigenvalue weighted by atomic mass is 16.2. The Kier molecular flexibility index (Phi) is 6.07. The van der Waals surface area contributed by atoms with E-state index in [9.17, 15) is 4.79 Å². The van der Waals surface area contributed by atoms with E-state index in [1.54, 1.807) is 10.9 Å². The minimum absolute atomic E-state index is 0.0620. The van der Waals surface area contributed by atoms with Crippen LogP contribution in [0.3, 0.4) is 0 Å². The van der Waals surface area contributed by atoms with Crippen molar-refractivity contribution in [2.45, 2.75) is 13.0 Å². The maximum atomic E-state index is 12.9. The maximum absolute atomic E-state index is 12.9. The van der Waals surface area contributed by atoms with E-state index in [1.807, 2.05) is 68.7 Å². The standard InChI is InChI=1S/C27H22N8O/c1-17(32-27(36)25-26(28)30-14-13-29-25)22-24(19-7-4-3-5-8-19)34-23-20(9-6-10-21(23)33-22)12-11-18-15-31-35(2)16-18/h3-10,13-17H,1-2H3,(H2,28,30)(H,32,36)/t17-/m1/s1. The number of nitrogen functional groups attached to an aromatic ring is 1. The third-order valence-electron chi connectivity index (χ3n) is 5.51. The first-order chi connectivity index (χ1) is 17.5. The molecule has 9 heteroatoms. The van der Waals surface area contributed by atoms with Gasteiger partial charge in [0.2, 0.25) is 0 Å². The number of hydrogen-bond donors (Lipinski definition) is 2. The number of nitrogens with zero attached hydrogens (tertiary/aromatic N) is 6. The van der Waals surface area contributed by atoms with Gasteiger partial charge in [0.15, 0.2) is 11.5 Å². The number of rotatable bonds is 4. The average Bonchev–Trinajstić information content (AvgIpc) is 3.32. The summed E-state index contributed by atoms with van der Waals surface area (Å²) in [6.07, 6.45) is 6.43. The summed E-state index contributed by atoms with van der Waals surface area (Å²) in [6, 6.07) is 14.9. The van der Waals surface area contributed by atoms with Gasteiger partial charge in [0.05, 0.1) is 40.3 Å². The number of carbonyl (C=O) groups excluding carboxylic acids is 1. The van der Waals surface area contributed by atoms with Crippen molar-refractivity contribution in [3.8, 4) is 23.1 Å². The van der Waals surface area contributed by atoms with Crippen LogP contribution in [-0.4, -0.2) is 35.6 Å². The molecule has 0 aliphatic rings. The molecule has 2 aromatic carbocycles. The molecule has 0 bridgehead atoms. The second-order valence-electron chi connectivity index (χ2n) is 8.13. The lowest BCUT2D eigenvalue weighted by molar-refractivity contribution is 0.0935. The molecule has 3 heterocycles. The molecule has 0 aliphatic carbocycles. The van der Waals surface area contributed by atoms with Gasteiger partial charge in [-0.1, -0.05) is 48.2 Å². The van der Waals surface area contributed by atoms with Gasteiger partial charge in [-0.05, 0) is 19.1 Å². The second-order valence-corrected chi connectivity index (χ2v) is 8.13.